The van der Waals surface area contributed by atoms with Crippen LogP contribution in [0.2, 0.25) is 5.02 Å². The van der Waals surface area contributed by atoms with E-state index < -0.39 is 0 Å². The Kier molecular flexibility index (Phi) is 5.57. The average Bonchev–Trinajstić information content (AvgIpc) is 2.57. The van der Waals surface area contributed by atoms with E-state index >= 15 is 0 Å². The zero-order valence-corrected chi connectivity index (χ0v) is 14.4. The molecule has 1 aromatic carbocycles. The number of piperazine rings is 1. The molecule has 0 atom stereocenters. The number of halogens is 1. The first-order chi connectivity index (χ1) is 11.2. The minimum atomic E-state index is 0.0441. The van der Waals surface area contributed by atoms with E-state index in [1.165, 1.54) is 32.1 Å². The predicted octanol–water partition coefficient (Wildman–Crippen LogP) is 3.28. The predicted molar refractivity (Wildman–Crippen MR) is 95.0 cm³/mol. The zero-order valence-electron chi connectivity index (χ0n) is 13.6. The van der Waals surface area contributed by atoms with Crippen molar-refractivity contribution in [2.75, 3.05) is 31.5 Å². The fourth-order valence-corrected chi connectivity index (χ4v) is 4.13. The Labute approximate surface area is 143 Å². The molecule has 0 aromatic heterocycles. The van der Waals surface area contributed by atoms with Crippen molar-refractivity contribution in [1.29, 1.82) is 0 Å². The van der Waals surface area contributed by atoms with Crippen LogP contribution in [0.25, 0.3) is 0 Å². The Balaban J connectivity index is 1.56. The van der Waals surface area contributed by atoms with Gasteiger partial charge in [-0.1, -0.05) is 43.0 Å². The fraction of sp³-hybridized carbons (Fsp3) is 0.611. The number of rotatable bonds is 4. The Bertz CT molecular complexity index is 535. The molecule has 0 bridgehead atoms. The number of hydrogen-bond donors (Lipinski definition) is 2. The maximum Gasteiger partial charge on any atom is 0.225 e. The van der Waals surface area contributed by atoms with Crippen molar-refractivity contribution in [3.05, 3.63) is 29.3 Å². The Morgan fingerprint density at radius 3 is 2.83 bits per heavy atom. The lowest BCUT2D eigenvalue weighted by molar-refractivity contribution is -0.117. The summed E-state index contributed by atoms with van der Waals surface area (Å²) < 4.78 is 0. The lowest BCUT2D eigenvalue weighted by Gasteiger charge is -2.50. The van der Waals surface area contributed by atoms with Crippen LogP contribution in [-0.4, -0.2) is 42.5 Å². The van der Waals surface area contributed by atoms with Crippen LogP contribution >= 0.6 is 11.6 Å². The number of para-hydroxylation sites is 1. The first-order valence-corrected chi connectivity index (χ1v) is 9.08. The van der Waals surface area contributed by atoms with Gasteiger partial charge in [0.1, 0.15) is 0 Å². The smallest absolute Gasteiger partial charge is 0.225 e. The number of nitrogens with zero attached hydrogens (tertiary/aromatic N) is 1. The number of anilines is 1. The molecule has 4 nitrogen and oxygen atoms in total. The number of hydrogen-bond acceptors (Lipinski definition) is 3. The topological polar surface area (TPSA) is 44.4 Å². The number of carbonyl (C=O) groups excluding carboxylic acids is 1. The molecule has 3 rings (SSSR count). The van der Waals surface area contributed by atoms with Gasteiger partial charge in [0.05, 0.1) is 10.7 Å². The minimum absolute atomic E-state index is 0.0441. The quantitative estimate of drug-likeness (QED) is 0.887. The van der Waals surface area contributed by atoms with Crippen molar-refractivity contribution in [2.45, 2.75) is 44.1 Å². The normalized spacial score (nSPS) is 21.3. The Morgan fingerprint density at radius 2 is 2.04 bits per heavy atom. The SMILES string of the molecule is O=C(CCN1CCNCC12CCCCC2)Nc1ccccc1Cl. The molecule has 1 aliphatic carbocycles. The van der Waals surface area contributed by atoms with Gasteiger partial charge in [-0.05, 0) is 25.0 Å². The second-order valence-electron chi connectivity index (χ2n) is 6.73. The monoisotopic (exact) mass is 335 g/mol. The van der Waals surface area contributed by atoms with Gasteiger partial charge in [0.2, 0.25) is 5.91 Å². The van der Waals surface area contributed by atoms with E-state index in [9.17, 15) is 4.79 Å². The van der Waals surface area contributed by atoms with Crippen molar-refractivity contribution >= 4 is 23.2 Å². The molecule has 23 heavy (non-hydrogen) atoms. The minimum Gasteiger partial charge on any atom is -0.325 e. The van der Waals surface area contributed by atoms with Gasteiger partial charge < -0.3 is 10.6 Å². The molecule has 1 spiro atoms. The molecular weight excluding hydrogens is 310 g/mol. The van der Waals surface area contributed by atoms with Gasteiger partial charge >= 0.3 is 0 Å². The molecule has 5 heteroatoms. The standard InChI is InChI=1S/C18H26ClN3O/c19-15-6-2-3-7-16(15)21-17(23)8-12-22-13-11-20-14-18(22)9-4-1-5-10-18/h2-3,6-7,20H,1,4-5,8-14H2,(H,21,23). The highest BCUT2D eigenvalue weighted by Crippen LogP contribution is 2.34. The van der Waals surface area contributed by atoms with Crippen molar-refractivity contribution in [1.82, 2.24) is 10.2 Å². The Hall–Kier alpha value is -1.10. The third-order valence-electron chi connectivity index (χ3n) is 5.22. The molecule has 2 aliphatic rings. The maximum atomic E-state index is 12.3. The molecule has 1 heterocycles. The van der Waals surface area contributed by atoms with E-state index in [0.29, 0.717) is 17.1 Å². The number of benzene rings is 1. The van der Waals surface area contributed by atoms with E-state index in [4.69, 9.17) is 11.6 Å². The first kappa shape index (κ1) is 16.7. The average molecular weight is 336 g/mol. The van der Waals surface area contributed by atoms with Crippen LogP contribution in [0.1, 0.15) is 38.5 Å². The third kappa shape index (κ3) is 4.06. The molecule has 126 valence electrons. The molecule has 1 aromatic rings. The van der Waals surface area contributed by atoms with Crippen LogP contribution in [0.4, 0.5) is 5.69 Å². The van der Waals surface area contributed by atoms with Crippen molar-refractivity contribution < 1.29 is 4.79 Å². The highest BCUT2D eigenvalue weighted by atomic mass is 35.5. The fourth-order valence-electron chi connectivity index (χ4n) is 3.95. The molecule has 2 N–H and O–H groups in total. The summed E-state index contributed by atoms with van der Waals surface area (Å²) in [5.41, 5.74) is 0.980. The second-order valence-corrected chi connectivity index (χ2v) is 7.13. The third-order valence-corrected chi connectivity index (χ3v) is 5.55. The first-order valence-electron chi connectivity index (χ1n) is 8.70. The van der Waals surface area contributed by atoms with Crippen LogP contribution < -0.4 is 10.6 Å². The summed E-state index contributed by atoms with van der Waals surface area (Å²) in [6.07, 6.45) is 7.00. The molecule has 1 saturated carbocycles. The maximum absolute atomic E-state index is 12.3. The van der Waals surface area contributed by atoms with E-state index in [2.05, 4.69) is 15.5 Å². The highest BCUT2D eigenvalue weighted by Gasteiger charge is 2.39. The van der Waals surface area contributed by atoms with Crippen molar-refractivity contribution in [3.63, 3.8) is 0 Å². The molecule has 0 unspecified atom stereocenters. The summed E-state index contributed by atoms with van der Waals surface area (Å²) >= 11 is 6.10. The van der Waals surface area contributed by atoms with E-state index in [0.717, 1.165) is 26.2 Å². The van der Waals surface area contributed by atoms with Crippen LogP contribution in [0.3, 0.4) is 0 Å². The van der Waals surface area contributed by atoms with Gasteiger partial charge in [-0.2, -0.15) is 0 Å². The van der Waals surface area contributed by atoms with E-state index in [-0.39, 0.29) is 11.4 Å². The van der Waals surface area contributed by atoms with Crippen LogP contribution in [0.15, 0.2) is 24.3 Å². The lowest BCUT2D eigenvalue weighted by atomic mass is 9.79. The second kappa shape index (κ2) is 7.65. The number of amides is 1. The largest absolute Gasteiger partial charge is 0.325 e. The van der Waals surface area contributed by atoms with Gasteiger partial charge in [0.15, 0.2) is 0 Å². The molecule has 1 amide bonds. The van der Waals surface area contributed by atoms with Gasteiger partial charge in [-0.3, -0.25) is 9.69 Å². The summed E-state index contributed by atoms with van der Waals surface area (Å²) in [4.78, 5) is 14.8. The molecule has 2 fully saturated rings. The zero-order chi connectivity index (χ0) is 16.1. The molecule has 1 saturated heterocycles. The molecule has 0 radical (unpaired) electrons. The van der Waals surface area contributed by atoms with Crippen molar-refractivity contribution in [3.8, 4) is 0 Å². The number of carbonyl (C=O) groups is 1. The molecule has 1 aliphatic heterocycles. The van der Waals surface area contributed by atoms with E-state index in [1.807, 2.05) is 18.2 Å². The molecular formula is C18H26ClN3O. The van der Waals surface area contributed by atoms with Crippen molar-refractivity contribution in [2.24, 2.45) is 0 Å². The number of nitrogens with one attached hydrogen (secondary N) is 2. The summed E-state index contributed by atoms with van der Waals surface area (Å²) in [6, 6.07) is 7.39. The summed E-state index contributed by atoms with van der Waals surface area (Å²) in [6.45, 7) is 3.96. The van der Waals surface area contributed by atoms with E-state index in [1.54, 1.807) is 6.07 Å². The van der Waals surface area contributed by atoms with Crippen LogP contribution in [0.5, 0.6) is 0 Å². The summed E-state index contributed by atoms with van der Waals surface area (Å²) in [5, 5.41) is 7.07. The Morgan fingerprint density at radius 1 is 1.26 bits per heavy atom. The lowest BCUT2D eigenvalue weighted by Crippen LogP contribution is -2.62. The van der Waals surface area contributed by atoms with Crippen LogP contribution in [0, 0.1) is 0 Å². The van der Waals surface area contributed by atoms with Gasteiger partial charge in [0, 0.05) is 38.1 Å². The summed E-state index contributed by atoms with van der Waals surface area (Å²) in [5.74, 6) is 0.0441. The highest BCUT2D eigenvalue weighted by molar-refractivity contribution is 6.33. The van der Waals surface area contributed by atoms with Gasteiger partial charge in [0.25, 0.3) is 0 Å². The summed E-state index contributed by atoms with van der Waals surface area (Å²) in [7, 11) is 0. The van der Waals surface area contributed by atoms with Crippen LogP contribution in [-0.2, 0) is 4.79 Å². The van der Waals surface area contributed by atoms with Gasteiger partial charge in [-0.25, -0.2) is 0 Å². The van der Waals surface area contributed by atoms with Gasteiger partial charge in [-0.15, -0.1) is 0 Å².